The molecule has 0 saturated heterocycles. The minimum absolute atomic E-state index is 1.16. The molecular formula is C14H27N2+. The highest BCUT2D eigenvalue weighted by Crippen LogP contribution is 2.06. The molecule has 0 aliphatic rings. The molecule has 16 heavy (non-hydrogen) atoms. The summed E-state index contributed by atoms with van der Waals surface area (Å²) in [6.07, 6.45) is 13.7. The fourth-order valence-electron chi connectivity index (χ4n) is 2.21. The Balaban J connectivity index is 2.36. The predicted molar refractivity (Wildman–Crippen MR) is 68.4 cm³/mol. The minimum atomic E-state index is 1.16. The number of hydrogen-bond acceptors (Lipinski definition) is 0. The Morgan fingerprint density at radius 3 is 2.50 bits per heavy atom. The van der Waals surface area contributed by atoms with E-state index < -0.39 is 0 Å². The monoisotopic (exact) mass is 223 g/mol. The highest BCUT2D eigenvalue weighted by atomic mass is 15.1. The van der Waals surface area contributed by atoms with Gasteiger partial charge in [-0.1, -0.05) is 39.5 Å². The van der Waals surface area contributed by atoms with Gasteiger partial charge in [0.25, 0.3) is 5.82 Å². The number of unbranched alkanes of at least 4 members (excludes halogenated alkanes) is 4. The van der Waals surface area contributed by atoms with Crippen LogP contribution in [0.5, 0.6) is 0 Å². The summed E-state index contributed by atoms with van der Waals surface area (Å²) in [7, 11) is 2.16. The van der Waals surface area contributed by atoms with E-state index in [2.05, 4.69) is 42.4 Å². The molecule has 2 heteroatoms. The van der Waals surface area contributed by atoms with Crippen LogP contribution in [-0.4, -0.2) is 4.57 Å². The van der Waals surface area contributed by atoms with E-state index in [1.54, 1.807) is 0 Å². The van der Waals surface area contributed by atoms with E-state index in [-0.39, 0.29) is 0 Å². The minimum Gasteiger partial charge on any atom is -0.237 e. The standard InChI is InChI=1S/C14H27N2/c1-4-6-7-8-9-10-14-15(3)12-13-16(14)11-5-2/h12-13H,4-11H2,1-3H3/q+1. The SMILES string of the molecule is CCCCCCCc1n(C)cc[n+]1CCC. The predicted octanol–water partition coefficient (Wildman–Crippen LogP) is 3.24. The lowest BCUT2D eigenvalue weighted by Crippen LogP contribution is -2.36. The molecule has 0 aliphatic heterocycles. The van der Waals surface area contributed by atoms with Crippen LogP contribution in [0.2, 0.25) is 0 Å². The molecule has 0 unspecified atom stereocenters. The van der Waals surface area contributed by atoms with Crippen LogP contribution in [0.25, 0.3) is 0 Å². The number of hydrogen-bond donors (Lipinski definition) is 0. The first-order valence-electron chi connectivity index (χ1n) is 6.83. The first-order chi connectivity index (χ1) is 7.79. The topological polar surface area (TPSA) is 8.81 Å². The lowest BCUT2D eigenvalue weighted by molar-refractivity contribution is -0.703. The van der Waals surface area contributed by atoms with E-state index in [4.69, 9.17) is 0 Å². The van der Waals surface area contributed by atoms with Crippen molar-refractivity contribution in [1.29, 1.82) is 0 Å². The average Bonchev–Trinajstić information content (AvgIpc) is 2.61. The Hall–Kier alpha value is -0.790. The third-order valence-corrected chi connectivity index (χ3v) is 3.18. The Labute approximate surface area is 100 Å². The molecule has 1 aromatic rings. The number of rotatable bonds is 8. The van der Waals surface area contributed by atoms with Crippen molar-refractivity contribution in [3.05, 3.63) is 18.2 Å². The largest absolute Gasteiger partial charge is 0.256 e. The van der Waals surface area contributed by atoms with Crippen LogP contribution in [-0.2, 0) is 20.0 Å². The zero-order valence-electron chi connectivity index (χ0n) is 11.2. The lowest BCUT2D eigenvalue weighted by atomic mass is 10.1. The molecule has 1 aromatic heterocycles. The fourth-order valence-corrected chi connectivity index (χ4v) is 2.21. The molecule has 0 N–H and O–H groups in total. The highest BCUT2D eigenvalue weighted by molar-refractivity contribution is 4.82. The van der Waals surface area contributed by atoms with Crippen LogP contribution in [0.4, 0.5) is 0 Å². The van der Waals surface area contributed by atoms with Crippen molar-refractivity contribution in [2.75, 3.05) is 0 Å². The molecular weight excluding hydrogens is 196 g/mol. The summed E-state index contributed by atoms with van der Waals surface area (Å²) in [6.45, 7) is 5.67. The first kappa shape index (κ1) is 13.3. The Bertz CT molecular complexity index is 289. The third kappa shape index (κ3) is 3.99. The van der Waals surface area contributed by atoms with Crippen molar-refractivity contribution in [2.45, 2.75) is 65.3 Å². The maximum absolute atomic E-state index is 2.40. The summed E-state index contributed by atoms with van der Waals surface area (Å²) < 4.78 is 4.68. The molecule has 0 fully saturated rings. The van der Waals surface area contributed by atoms with Crippen molar-refractivity contribution in [1.82, 2.24) is 4.57 Å². The van der Waals surface area contributed by atoms with Gasteiger partial charge in [0.15, 0.2) is 0 Å². The molecule has 0 spiro atoms. The Morgan fingerprint density at radius 2 is 1.81 bits per heavy atom. The van der Waals surface area contributed by atoms with Gasteiger partial charge in [-0.05, 0) is 12.8 Å². The van der Waals surface area contributed by atoms with Crippen molar-refractivity contribution >= 4 is 0 Å². The second-order valence-electron chi connectivity index (χ2n) is 4.68. The third-order valence-electron chi connectivity index (χ3n) is 3.18. The van der Waals surface area contributed by atoms with Gasteiger partial charge in [0.2, 0.25) is 0 Å². The number of aryl methyl sites for hydroxylation is 2. The smallest absolute Gasteiger partial charge is 0.237 e. The summed E-state index contributed by atoms with van der Waals surface area (Å²) in [5.41, 5.74) is 0. The van der Waals surface area contributed by atoms with E-state index in [9.17, 15) is 0 Å². The van der Waals surface area contributed by atoms with Crippen LogP contribution in [0.3, 0.4) is 0 Å². The van der Waals surface area contributed by atoms with Crippen LogP contribution in [0, 0.1) is 0 Å². The maximum Gasteiger partial charge on any atom is 0.256 e. The molecule has 0 bridgehead atoms. The van der Waals surface area contributed by atoms with Crippen LogP contribution in [0.15, 0.2) is 12.4 Å². The lowest BCUT2D eigenvalue weighted by Gasteiger charge is -2.02. The Morgan fingerprint density at radius 1 is 1.06 bits per heavy atom. The van der Waals surface area contributed by atoms with E-state index in [0.29, 0.717) is 0 Å². The highest BCUT2D eigenvalue weighted by Gasteiger charge is 2.12. The molecule has 0 aromatic carbocycles. The quantitative estimate of drug-likeness (QED) is 0.472. The number of imidazole rings is 1. The maximum atomic E-state index is 2.40. The van der Waals surface area contributed by atoms with Gasteiger partial charge in [0.1, 0.15) is 12.4 Å². The van der Waals surface area contributed by atoms with E-state index >= 15 is 0 Å². The first-order valence-corrected chi connectivity index (χ1v) is 6.83. The van der Waals surface area contributed by atoms with E-state index in [1.165, 1.54) is 50.8 Å². The van der Waals surface area contributed by atoms with Crippen molar-refractivity contribution in [3.63, 3.8) is 0 Å². The molecule has 0 aliphatic carbocycles. The van der Waals surface area contributed by atoms with Crippen LogP contribution in [0.1, 0.15) is 58.2 Å². The Kier molecular flexibility index (Phi) is 6.20. The molecule has 1 rings (SSSR count). The molecule has 0 atom stereocenters. The normalized spacial score (nSPS) is 10.9. The molecule has 92 valence electrons. The van der Waals surface area contributed by atoms with Gasteiger partial charge in [0, 0.05) is 6.42 Å². The summed E-state index contributed by atoms with van der Waals surface area (Å²) in [5.74, 6) is 1.48. The van der Waals surface area contributed by atoms with Crippen LogP contribution < -0.4 is 4.57 Å². The molecule has 0 radical (unpaired) electrons. The van der Waals surface area contributed by atoms with Crippen LogP contribution >= 0.6 is 0 Å². The average molecular weight is 223 g/mol. The summed E-state index contributed by atoms with van der Waals surface area (Å²) in [6, 6.07) is 0. The summed E-state index contributed by atoms with van der Waals surface area (Å²) in [5, 5.41) is 0. The zero-order valence-corrected chi connectivity index (χ0v) is 11.2. The van der Waals surface area contributed by atoms with Gasteiger partial charge in [-0.15, -0.1) is 0 Å². The van der Waals surface area contributed by atoms with Gasteiger partial charge < -0.3 is 0 Å². The second-order valence-corrected chi connectivity index (χ2v) is 4.68. The van der Waals surface area contributed by atoms with Crippen molar-refractivity contribution < 1.29 is 4.57 Å². The van der Waals surface area contributed by atoms with Gasteiger partial charge in [-0.2, -0.15) is 0 Å². The summed E-state index contributed by atoms with van der Waals surface area (Å²) in [4.78, 5) is 0. The molecule has 1 heterocycles. The number of aromatic nitrogens is 2. The van der Waals surface area contributed by atoms with E-state index in [1.807, 2.05) is 0 Å². The summed E-state index contributed by atoms with van der Waals surface area (Å²) >= 11 is 0. The van der Waals surface area contributed by atoms with Gasteiger partial charge >= 0.3 is 0 Å². The van der Waals surface area contributed by atoms with Crippen molar-refractivity contribution in [3.8, 4) is 0 Å². The fraction of sp³-hybridized carbons (Fsp3) is 0.786. The van der Waals surface area contributed by atoms with Gasteiger partial charge in [0.05, 0.1) is 13.6 Å². The molecule has 0 saturated carbocycles. The van der Waals surface area contributed by atoms with Crippen molar-refractivity contribution in [2.24, 2.45) is 7.05 Å². The number of nitrogens with zero attached hydrogens (tertiary/aromatic N) is 2. The zero-order chi connectivity index (χ0) is 11.8. The second kappa shape index (κ2) is 7.48. The van der Waals surface area contributed by atoms with Gasteiger partial charge in [-0.3, -0.25) is 0 Å². The van der Waals surface area contributed by atoms with E-state index in [0.717, 1.165) is 6.54 Å². The molecule has 0 amide bonds. The molecule has 2 nitrogen and oxygen atoms in total. The van der Waals surface area contributed by atoms with Gasteiger partial charge in [-0.25, -0.2) is 9.13 Å².